The number of hydrogen-bond acceptors (Lipinski definition) is 5. The van der Waals surface area contributed by atoms with Crippen LogP contribution in [0, 0.1) is 0 Å². The normalized spacial score (nSPS) is 29.1. The summed E-state index contributed by atoms with van der Waals surface area (Å²) in [6.07, 6.45) is 3.52. The second kappa shape index (κ2) is 5.30. The number of amides is 3. The third kappa shape index (κ3) is 2.33. The molecule has 2 heterocycles. The lowest BCUT2D eigenvalue weighted by Gasteiger charge is -2.39. The van der Waals surface area contributed by atoms with E-state index in [1.54, 1.807) is 21.0 Å². The standard InChI is InChI=1S/C20H24N2O5/c1-19(2)17(23)22(18(24)21-19)11-8-12(9-11)27-13-4-5-14(25-3)16-15(13)20(6-7-20)10-26-16/h4-5,11-12H,6-10H2,1-3H3,(H,21,24). The highest BCUT2D eigenvalue weighted by Gasteiger charge is 2.55. The number of carbonyl (C=O) groups is 2. The van der Waals surface area contributed by atoms with Gasteiger partial charge in [0.05, 0.1) is 13.7 Å². The van der Waals surface area contributed by atoms with Gasteiger partial charge in [-0.2, -0.15) is 0 Å². The highest BCUT2D eigenvalue weighted by molar-refractivity contribution is 6.06. The van der Waals surface area contributed by atoms with E-state index in [0.29, 0.717) is 19.4 Å². The van der Waals surface area contributed by atoms with Crippen molar-refractivity contribution in [3.8, 4) is 17.2 Å². The van der Waals surface area contributed by atoms with Gasteiger partial charge in [-0.1, -0.05) is 0 Å². The summed E-state index contributed by atoms with van der Waals surface area (Å²) in [5.41, 5.74) is 0.383. The molecule has 1 saturated heterocycles. The summed E-state index contributed by atoms with van der Waals surface area (Å²) < 4.78 is 17.6. The lowest BCUT2D eigenvalue weighted by Crippen LogP contribution is -2.52. The molecule has 0 aromatic heterocycles. The van der Waals surface area contributed by atoms with Gasteiger partial charge in [-0.3, -0.25) is 9.69 Å². The predicted molar refractivity (Wildman–Crippen MR) is 96.3 cm³/mol. The van der Waals surface area contributed by atoms with Gasteiger partial charge < -0.3 is 19.5 Å². The van der Waals surface area contributed by atoms with E-state index in [0.717, 1.165) is 35.7 Å². The third-order valence-corrected chi connectivity index (χ3v) is 6.30. The SMILES string of the molecule is COc1ccc(OC2CC(N3C(=O)NC(C)(C)C3=O)C2)c2c1OCC21CC1. The lowest BCUT2D eigenvalue weighted by atomic mass is 9.87. The quantitative estimate of drug-likeness (QED) is 0.821. The van der Waals surface area contributed by atoms with Gasteiger partial charge in [-0.25, -0.2) is 4.79 Å². The molecule has 1 aromatic carbocycles. The van der Waals surface area contributed by atoms with Gasteiger partial charge in [0.1, 0.15) is 17.4 Å². The Balaban J connectivity index is 1.31. The molecule has 2 aliphatic carbocycles. The predicted octanol–water partition coefficient (Wildman–Crippen LogP) is 2.36. The topological polar surface area (TPSA) is 77.1 Å². The van der Waals surface area contributed by atoms with Crippen LogP contribution in [0.2, 0.25) is 0 Å². The van der Waals surface area contributed by atoms with E-state index in [1.165, 1.54) is 4.90 Å². The Morgan fingerprint density at radius 1 is 1.19 bits per heavy atom. The van der Waals surface area contributed by atoms with Crippen LogP contribution in [0.3, 0.4) is 0 Å². The van der Waals surface area contributed by atoms with Crippen LogP contribution in [0.5, 0.6) is 17.2 Å². The number of rotatable bonds is 4. The number of imide groups is 1. The van der Waals surface area contributed by atoms with Crippen LogP contribution in [0.1, 0.15) is 45.1 Å². The summed E-state index contributed by atoms with van der Waals surface area (Å²) in [7, 11) is 1.65. The largest absolute Gasteiger partial charge is 0.493 e. The fourth-order valence-electron chi connectivity index (χ4n) is 4.41. The van der Waals surface area contributed by atoms with Crippen molar-refractivity contribution < 1.29 is 23.8 Å². The number of nitrogens with one attached hydrogen (secondary N) is 1. The molecule has 5 rings (SSSR count). The van der Waals surface area contributed by atoms with Crippen molar-refractivity contribution in [1.82, 2.24) is 10.2 Å². The average molecular weight is 372 g/mol. The van der Waals surface area contributed by atoms with Crippen LogP contribution in [0.25, 0.3) is 0 Å². The molecule has 4 aliphatic rings. The van der Waals surface area contributed by atoms with Crippen LogP contribution in [-0.4, -0.2) is 48.2 Å². The summed E-state index contributed by atoms with van der Waals surface area (Å²) in [5.74, 6) is 2.24. The van der Waals surface area contributed by atoms with E-state index >= 15 is 0 Å². The Labute approximate surface area is 157 Å². The number of urea groups is 1. The number of methoxy groups -OCH3 is 1. The van der Waals surface area contributed by atoms with Crippen LogP contribution in [-0.2, 0) is 10.2 Å². The lowest BCUT2D eigenvalue weighted by molar-refractivity contribution is -0.134. The average Bonchev–Trinajstić information content (AvgIpc) is 3.21. The Morgan fingerprint density at radius 3 is 2.48 bits per heavy atom. The molecular weight excluding hydrogens is 348 g/mol. The second-order valence-corrected chi connectivity index (χ2v) is 8.63. The molecule has 3 amide bonds. The van der Waals surface area contributed by atoms with Crippen molar-refractivity contribution in [1.29, 1.82) is 0 Å². The summed E-state index contributed by atoms with van der Waals surface area (Å²) in [5, 5.41) is 2.74. The fourth-order valence-corrected chi connectivity index (χ4v) is 4.41. The maximum Gasteiger partial charge on any atom is 0.325 e. The minimum Gasteiger partial charge on any atom is -0.493 e. The minimum absolute atomic E-state index is 0.00629. The molecule has 0 atom stereocenters. The van der Waals surface area contributed by atoms with E-state index in [4.69, 9.17) is 14.2 Å². The van der Waals surface area contributed by atoms with Crippen molar-refractivity contribution in [2.24, 2.45) is 0 Å². The van der Waals surface area contributed by atoms with E-state index in [1.807, 2.05) is 12.1 Å². The monoisotopic (exact) mass is 372 g/mol. The Bertz CT molecular complexity index is 839. The Morgan fingerprint density at radius 2 is 1.89 bits per heavy atom. The number of carbonyl (C=O) groups excluding carboxylic acids is 2. The zero-order chi connectivity index (χ0) is 19.0. The van der Waals surface area contributed by atoms with E-state index in [9.17, 15) is 9.59 Å². The summed E-state index contributed by atoms with van der Waals surface area (Å²) in [4.78, 5) is 25.9. The van der Waals surface area contributed by atoms with Gasteiger partial charge in [-0.15, -0.1) is 0 Å². The van der Waals surface area contributed by atoms with Crippen molar-refractivity contribution >= 4 is 11.9 Å². The third-order valence-electron chi connectivity index (χ3n) is 6.30. The van der Waals surface area contributed by atoms with E-state index in [-0.39, 0.29) is 29.5 Å². The molecule has 1 aromatic rings. The van der Waals surface area contributed by atoms with Gasteiger partial charge in [0.2, 0.25) is 0 Å². The smallest absolute Gasteiger partial charge is 0.325 e. The molecule has 7 nitrogen and oxygen atoms in total. The molecule has 3 fully saturated rings. The Kier molecular flexibility index (Phi) is 3.28. The van der Waals surface area contributed by atoms with Gasteiger partial charge in [-0.05, 0) is 38.8 Å². The van der Waals surface area contributed by atoms with Crippen LogP contribution in [0.15, 0.2) is 12.1 Å². The van der Waals surface area contributed by atoms with Crippen LogP contribution in [0.4, 0.5) is 4.79 Å². The second-order valence-electron chi connectivity index (χ2n) is 8.63. The van der Waals surface area contributed by atoms with Crippen molar-refractivity contribution in [2.75, 3.05) is 13.7 Å². The van der Waals surface area contributed by atoms with Crippen molar-refractivity contribution in [2.45, 2.75) is 62.6 Å². The first kappa shape index (κ1) is 16.7. The molecular formula is C20H24N2O5. The number of benzene rings is 1. The zero-order valence-corrected chi connectivity index (χ0v) is 15.8. The molecule has 0 radical (unpaired) electrons. The summed E-state index contributed by atoms with van der Waals surface area (Å²) in [6.45, 7) is 4.15. The number of nitrogens with zero attached hydrogens (tertiary/aromatic N) is 1. The van der Waals surface area contributed by atoms with Crippen molar-refractivity contribution in [3.05, 3.63) is 17.7 Å². The van der Waals surface area contributed by atoms with Gasteiger partial charge in [0.15, 0.2) is 11.5 Å². The first-order valence-corrected chi connectivity index (χ1v) is 9.51. The molecule has 0 bridgehead atoms. The van der Waals surface area contributed by atoms with E-state index < -0.39 is 5.54 Å². The molecule has 1 spiro atoms. The molecule has 2 aliphatic heterocycles. The Hall–Kier alpha value is -2.44. The molecule has 2 saturated carbocycles. The van der Waals surface area contributed by atoms with Crippen LogP contribution < -0.4 is 19.5 Å². The highest BCUT2D eigenvalue weighted by atomic mass is 16.5. The number of ether oxygens (including phenoxy) is 3. The molecule has 144 valence electrons. The molecule has 1 N–H and O–H groups in total. The highest BCUT2D eigenvalue weighted by Crippen LogP contribution is 2.61. The molecule has 7 heteroatoms. The van der Waals surface area contributed by atoms with Crippen molar-refractivity contribution in [3.63, 3.8) is 0 Å². The van der Waals surface area contributed by atoms with Crippen LogP contribution >= 0.6 is 0 Å². The maximum absolute atomic E-state index is 12.4. The summed E-state index contributed by atoms with van der Waals surface area (Å²) >= 11 is 0. The first-order chi connectivity index (χ1) is 12.8. The number of hydrogen-bond donors (Lipinski definition) is 1. The van der Waals surface area contributed by atoms with E-state index in [2.05, 4.69) is 5.32 Å². The molecule has 0 unspecified atom stereocenters. The summed E-state index contributed by atoms with van der Waals surface area (Å²) in [6, 6.07) is 3.44. The molecule has 27 heavy (non-hydrogen) atoms. The zero-order valence-electron chi connectivity index (χ0n) is 15.8. The maximum atomic E-state index is 12.4. The van der Waals surface area contributed by atoms with Gasteiger partial charge >= 0.3 is 6.03 Å². The number of fused-ring (bicyclic) bond motifs is 2. The minimum atomic E-state index is -0.824. The van der Waals surface area contributed by atoms with Gasteiger partial charge in [0, 0.05) is 29.9 Å². The fraction of sp³-hybridized carbons (Fsp3) is 0.600. The first-order valence-electron chi connectivity index (χ1n) is 9.51. The van der Waals surface area contributed by atoms with Gasteiger partial charge in [0.25, 0.3) is 5.91 Å².